The normalized spacial score (nSPS) is 9.09. The molecule has 0 unspecified atom stereocenters. The maximum absolute atomic E-state index is 10.7. The molecule has 0 radical (unpaired) electrons. The van der Waals surface area contributed by atoms with Crippen molar-refractivity contribution in [3.8, 4) is 0 Å². The molecule has 0 aliphatic carbocycles. The van der Waals surface area contributed by atoms with Crippen molar-refractivity contribution in [1.82, 2.24) is 7.83 Å². The minimum absolute atomic E-state index is 0.0156. The fraction of sp³-hybridized carbons (Fsp3) is 0.667. The Balaban J connectivity index is 3.84. The van der Waals surface area contributed by atoms with E-state index in [1.165, 1.54) is 21.7 Å². The zero-order valence-electron chi connectivity index (χ0n) is 7.12. The molecule has 0 aromatic rings. The first-order valence-corrected chi connectivity index (χ1v) is 4.65. The van der Waals surface area contributed by atoms with Crippen molar-refractivity contribution >= 4 is 27.2 Å². The predicted molar refractivity (Wildman–Crippen MR) is 42.6 cm³/mol. The van der Waals surface area contributed by atoms with Gasteiger partial charge in [0.2, 0.25) is 0 Å². The van der Waals surface area contributed by atoms with Crippen LogP contribution in [-0.2, 0) is 9.59 Å². The molecule has 0 rings (SSSR count). The zero-order valence-corrected chi connectivity index (χ0v) is 8.83. The summed E-state index contributed by atoms with van der Waals surface area (Å²) in [4.78, 5) is 21.4. The summed E-state index contributed by atoms with van der Waals surface area (Å²) >= 11 is -0.197. The van der Waals surface area contributed by atoms with E-state index in [1.54, 1.807) is 14.1 Å². The molecule has 0 spiro atoms. The van der Waals surface area contributed by atoms with Crippen LogP contribution >= 0.6 is 0 Å². The number of hydrogen-bond acceptors (Lipinski definition) is 2. The van der Waals surface area contributed by atoms with E-state index in [9.17, 15) is 9.59 Å². The maximum atomic E-state index is 10.7. The summed E-state index contributed by atoms with van der Waals surface area (Å²) in [5.41, 5.74) is 0. The van der Waals surface area contributed by atoms with Gasteiger partial charge in [-0.3, -0.25) is 0 Å². The van der Waals surface area contributed by atoms with Crippen LogP contribution in [0, 0.1) is 0 Å². The second-order valence-corrected chi connectivity index (χ2v) is 4.76. The standard InChI is InChI=1S/C6H12N2O2Se/c1-5(9)7(3)11-8(4)6(2)10/h1-4H3. The molecule has 0 fully saturated rings. The molecule has 0 N–H and O–H groups in total. The summed E-state index contributed by atoms with van der Waals surface area (Å²) in [6.07, 6.45) is 0. The van der Waals surface area contributed by atoms with Crippen molar-refractivity contribution in [3.63, 3.8) is 0 Å². The van der Waals surface area contributed by atoms with Crippen LogP contribution < -0.4 is 0 Å². The van der Waals surface area contributed by atoms with Crippen molar-refractivity contribution in [2.75, 3.05) is 14.1 Å². The van der Waals surface area contributed by atoms with Gasteiger partial charge in [-0.05, 0) is 0 Å². The molecule has 4 nitrogen and oxygen atoms in total. The molecule has 11 heavy (non-hydrogen) atoms. The summed E-state index contributed by atoms with van der Waals surface area (Å²) in [7, 11) is 3.36. The van der Waals surface area contributed by atoms with Crippen LogP contribution in [-0.4, -0.2) is 49.1 Å². The van der Waals surface area contributed by atoms with Crippen LogP contribution in [0.5, 0.6) is 0 Å². The molecule has 2 amide bonds. The molecule has 5 heteroatoms. The third-order valence-corrected chi connectivity index (χ3v) is 3.24. The molecule has 0 aliphatic rings. The van der Waals surface area contributed by atoms with Crippen LogP contribution in [0.25, 0.3) is 0 Å². The average Bonchev–Trinajstić information content (AvgIpc) is 1.87. The van der Waals surface area contributed by atoms with Gasteiger partial charge in [0.25, 0.3) is 0 Å². The van der Waals surface area contributed by atoms with Crippen molar-refractivity contribution in [3.05, 3.63) is 0 Å². The van der Waals surface area contributed by atoms with Crippen molar-refractivity contribution in [1.29, 1.82) is 0 Å². The van der Waals surface area contributed by atoms with Crippen molar-refractivity contribution in [2.45, 2.75) is 13.8 Å². The number of nitrogens with zero attached hydrogens (tertiary/aromatic N) is 2. The second kappa shape index (κ2) is 4.36. The first-order valence-electron chi connectivity index (χ1n) is 3.12. The molecule has 0 heterocycles. The predicted octanol–water partition coefficient (Wildman–Crippen LogP) is -0.523. The summed E-state index contributed by atoms with van der Waals surface area (Å²) in [6.45, 7) is 2.96. The molecule has 0 aliphatic heterocycles. The molecular formula is C6H12N2O2Se. The van der Waals surface area contributed by atoms with Crippen molar-refractivity contribution in [2.24, 2.45) is 0 Å². The first kappa shape index (κ1) is 10.5. The Morgan fingerprint density at radius 3 is 1.45 bits per heavy atom. The van der Waals surface area contributed by atoms with Crippen LogP contribution in [0.15, 0.2) is 0 Å². The molecule has 0 aromatic carbocycles. The Hall–Kier alpha value is -0.541. The number of hydrogen-bond donors (Lipinski definition) is 0. The Morgan fingerprint density at radius 2 is 1.27 bits per heavy atom. The van der Waals surface area contributed by atoms with Crippen molar-refractivity contribution < 1.29 is 9.59 Å². The van der Waals surface area contributed by atoms with E-state index in [4.69, 9.17) is 0 Å². The summed E-state index contributed by atoms with van der Waals surface area (Å²) in [6, 6.07) is 0. The Bertz CT molecular complexity index is 154. The minimum atomic E-state index is -0.197. The molecule has 0 saturated carbocycles. The molecule has 0 bridgehead atoms. The summed E-state index contributed by atoms with van der Waals surface area (Å²) in [5.74, 6) is -0.0313. The molecule has 64 valence electrons. The fourth-order valence-corrected chi connectivity index (χ4v) is 1.55. The quantitative estimate of drug-likeness (QED) is 0.591. The van der Waals surface area contributed by atoms with E-state index >= 15 is 0 Å². The van der Waals surface area contributed by atoms with Gasteiger partial charge in [0, 0.05) is 0 Å². The van der Waals surface area contributed by atoms with Gasteiger partial charge in [-0.1, -0.05) is 0 Å². The van der Waals surface area contributed by atoms with Gasteiger partial charge in [0.15, 0.2) is 0 Å². The van der Waals surface area contributed by atoms with Gasteiger partial charge in [-0.15, -0.1) is 0 Å². The first-order chi connectivity index (χ1) is 4.95. The van der Waals surface area contributed by atoms with Gasteiger partial charge in [-0.2, -0.15) is 0 Å². The summed E-state index contributed by atoms with van der Waals surface area (Å²) in [5, 5.41) is 0. The number of carbonyl (C=O) groups is 2. The van der Waals surface area contributed by atoms with Gasteiger partial charge in [0.05, 0.1) is 0 Å². The van der Waals surface area contributed by atoms with E-state index in [1.807, 2.05) is 0 Å². The van der Waals surface area contributed by atoms with E-state index in [2.05, 4.69) is 0 Å². The average molecular weight is 223 g/mol. The third-order valence-electron chi connectivity index (χ3n) is 1.13. The monoisotopic (exact) mass is 224 g/mol. The molecule has 0 saturated heterocycles. The van der Waals surface area contributed by atoms with Crippen LogP contribution in [0.2, 0.25) is 0 Å². The van der Waals surface area contributed by atoms with Crippen LogP contribution in [0.1, 0.15) is 13.8 Å². The van der Waals surface area contributed by atoms with E-state index in [0.717, 1.165) is 0 Å². The van der Waals surface area contributed by atoms with E-state index in [-0.39, 0.29) is 27.2 Å². The van der Waals surface area contributed by atoms with Crippen LogP contribution in [0.3, 0.4) is 0 Å². The zero-order chi connectivity index (χ0) is 9.02. The van der Waals surface area contributed by atoms with Gasteiger partial charge >= 0.3 is 72.6 Å². The summed E-state index contributed by atoms with van der Waals surface area (Å²) < 4.78 is 3.07. The van der Waals surface area contributed by atoms with E-state index < -0.39 is 0 Å². The number of carbonyl (C=O) groups excluding carboxylic acids is 2. The third kappa shape index (κ3) is 4.01. The Kier molecular flexibility index (Phi) is 4.15. The second-order valence-electron chi connectivity index (χ2n) is 2.11. The van der Waals surface area contributed by atoms with Gasteiger partial charge in [-0.25, -0.2) is 0 Å². The number of amides is 2. The SMILES string of the molecule is CC(=O)N(C)[Se]N(C)C(C)=O. The van der Waals surface area contributed by atoms with Gasteiger partial charge < -0.3 is 0 Å². The Morgan fingerprint density at radius 1 is 1.00 bits per heavy atom. The van der Waals surface area contributed by atoms with Gasteiger partial charge in [0.1, 0.15) is 0 Å². The Labute approximate surface area is 73.1 Å². The van der Waals surface area contributed by atoms with Crippen LogP contribution in [0.4, 0.5) is 0 Å². The molecule has 0 atom stereocenters. The fourth-order valence-electron chi connectivity index (χ4n) is 0.299. The topological polar surface area (TPSA) is 40.6 Å². The molecule has 0 aromatic heterocycles. The molecular weight excluding hydrogens is 211 g/mol. The number of rotatable bonds is 2. The van der Waals surface area contributed by atoms with E-state index in [0.29, 0.717) is 0 Å².